The molecule has 0 spiro atoms. The first-order valence-corrected chi connectivity index (χ1v) is 8.55. The molecule has 3 aromatic carbocycles. The molecular formula is C23H17NO3. The summed E-state index contributed by atoms with van der Waals surface area (Å²) in [5.74, 6) is -0.563. The first-order chi connectivity index (χ1) is 13.0. The Kier molecular flexibility index (Phi) is 3.89. The minimum Gasteiger partial charge on any atom is -0.508 e. The fourth-order valence-electron chi connectivity index (χ4n) is 3.53. The minimum atomic E-state index is -0.364. The van der Waals surface area contributed by atoms with Gasteiger partial charge in [-0.25, -0.2) is 0 Å². The molecule has 4 rings (SSSR count). The zero-order valence-corrected chi connectivity index (χ0v) is 14.7. The van der Waals surface area contributed by atoms with Gasteiger partial charge in [-0.05, 0) is 35.7 Å². The van der Waals surface area contributed by atoms with Crippen molar-refractivity contribution < 1.29 is 14.7 Å². The van der Waals surface area contributed by atoms with Gasteiger partial charge in [-0.1, -0.05) is 55.1 Å². The van der Waals surface area contributed by atoms with Crippen molar-refractivity contribution >= 4 is 23.1 Å². The molecule has 0 radical (unpaired) electrons. The van der Waals surface area contributed by atoms with Crippen molar-refractivity contribution in [2.75, 3.05) is 5.32 Å². The number of rotatable bonds is 3. The number of nitrogens with one attached hydrogen (secondary N) is 1. The van der Waals surface area contributed by atoms with E-state index in [1.807, 2.05) is 24.3 Å². The summed E-state index contributed by atoms with van der Waals surface area (Å²) >= 11 is 0. The smallest absolute Gasteiger partial charge is 0.256 e. The van der Waals surface area contributed by atoms with Crippen molar-refractivity contribution in [1.29, 1.82) is 0 Å². The van der Waals surface area contributed by atoms with Gasteiger partial charge in [-0.3, -0.25) is 9.59 Å². The van der Waals surface area contributed by atoms with E-state index < -0.39 is 0 Å². The van der Waals surface area contributed by atoms with Gasteiger partial charge < -0.3 is 10.4 Å². The summed E-state index contributed by atoms with van der Waals surface area (Å²) in [7, 11) is 0. The van der Waals surface area contributed by atoms with Crippen LogP contribution in [0.4, 0.5) is 5.69 Å². The highest BCUT2D eigenvalue weighted by molar-refractivity contribution is 6.26. The quantitative estimate of drug-likeness (QED) is 0.509. The Morgan fingerprint density at radius 3 is 2.26 bits per heavy atom. The van der Waals surface area contributed by atoms with Crippen LogP contribution >= 0.6 is 0 Å². The molecule has 0 aliphatic heterocycles. The molecule has 0 bridgehead atoms. The van der Waals surface area contributed by atoms with Gasteiger partial charge in [0.05, 0.1) is 5.56 Å². The third-order valence-electron chi connectivity index (χ3n) is 4.89. The Balaban J connectivity index is 1.75. The topological polar surface area (TPSA) is 66.4 Å². The van der Waals surface area contributed by atoms with Crippen molar-refractivity contribution in [3.8, 4) is 11.1 Å². The normalized spacial score (nSPS) is 11.7. The van der Waals surface area contributed by atoms with E-state index in [2.05, 4.69) is 11.9 Å². The van der Waals surface area contributed by atoms with Crippen LogP contribution in [0.25, 0.3) is 16.9 Å². The SMILES string of the molecule is C=C(O)c1cccc(NC(=O)c2cccc3c2C(=O)c2ccccc2-3)c1C. The van der Waals surface area contributed by atoms with Gasteiger partial charge >= 0.3 is 0 Å². The Morgan fingerprint density at radius 1 is 0.889 bits per heavy atom. The van der Waals surface area contributed by atoms with Gasteiger partial charge in [0, 0.05) is 22.4 Å². The maximum absolute atomic E-state index is 13.0. The van der Waals surface area contributed by atoms with E-state index in [9.17, 15) is 14.7 Å². The third-order valence-corrected chi connectivity index (χ3v) is 4.89. The van der Waals surface area contributed by atoms with Crippen LogP contribution in [0.15, 0.2) is 67.2 Å². The highest BCUT2D eigenvalue weighted by Crippen LogP contribution is 2.38. The minimum absolute atomic E-state index is 0.0603. The van der Waals surface area contributed by atoms with Gasteiger partial charge in [0.1, 0.15) is 5.76 Å². The molecule has 0 saturated carbocycles. The number of fused-ring (bicyclic) bond motifs is 3. The van der Waals surface area contributed by atoms with Crippen molar-refractivity contribution in [1.82, 2.24) is 0 Å². The number of carbonyl (C=O) groups is 2. The molecule has 27 heavy (non-hydrogen) atoms. The van der Waals surface area contributed by atoms with E-state index in [-0.39, 0.29) is 17.4 Å². The molecule has 4 heteroatoms. The first-order valence-electron chi connectivity index (χ1n) is 8.55. The number of carbonyl (C=O) groups excluding carboxylic acids is 2. The van der Waals surface area contributed by atoms with E-state index in [0.717, 1.165) is 11.1 Å². The summed E-state index contributed by atoms with van der Waals surface area (Å²) in [5.41, 5.74) is 4.84. The average Bonchev–Trinajstić information content (AvgIpc) is 2.96. The lowest BCUT2D eigenvalue weighted by Gasteiger charge is -2.13. The van der Waals surface area contributed by atoms with E-state index in [1.165, 1.54) is 0 Å². The monoisotopic (exact) mass is 355 g/mol. The second-order valence-corrected chi connectivity index (χ2v) is 6.48. The standard InChI is InChI=1S/C23H17NO3/c1-13-15(14(2)25)9-6-12-20(13)24-23(27)19-11-5-10-17-16-7-3-4-8-18(16)22(26)21(17)19/h3-12,25H,2H2,1H3,(H,24,27). The van der Waals surface area contributed by atoms with Crippen molar-refractivity contribution in [3.05, 3.63) is 95.1 Å². The molecule has 0 saturated heterocycles. The predicted molar refractivity (Wildman–Crippen MR) is 106 cm³/mol. The van der Waals surface area contributed by atoms with E-state index in [1.54, 1.807) is 43.3 Å². The summed E-state index contributed by atoms with van der Waals surface area (Å²) in [6.07, 6.45) is 0. The molecule has 0 heterocycles. The first kappa shape index (κ1) is 16.8. The lowest BCUT2D eigenvalue weighted by atomic mass is 9.99. The number of aliphatic hydroxyl groups is 1. The highest BCUT2D eigenvalue weighted by Gasteiger charge is 2.30. The van der Waals surface area contributed by atoms with Crippen LogP contribution < -0.4 is 5.32 Å². The van der Waals surface area contributed by atoms with Crippen LogP contribution in [-0.2, 0) is 0 Å². The summed E-state index contributed by atoms with van der Waals surface area (Å²) in [6, 6.07) is 17.9. The molecule has 1 amide bonds. The molecule has 0 atom stereocenters. The average molecular weight is 355 g/mol. The van der Waals surface area contributed by atoms with Gasteiger partial charge in [-0.2, -0.15) is 0 Å². The number of hydrogen-bond donors (Lipinski definition) is 2. The molecule has 1 aliphatic carbocycles. The fourth-order valence-corrected chi connectivity index (χ4v) is 3.53. The zero-order valence-electron chi connectivity index (χ0n) is 14.7. The Bertz CT molecular complexity index is 1130. The van der Waals surface area contributed by atoms with E-state index in [0.29, 0.717) is 33.5 Å². The van der Waals surface area contributed by atoms with E-state index >= 15 is 0 Å². The zero-order chi connectivity index (χ0) is 19.1. The number of amides is 1. The largest absolute Gasteiger partial charge is 0.508 e. The Morgan fingerprint density at radius 2 is 1.52 bits per heavy atom. The number of benzene rings is 3. The third kappa shape index (κ3) is 2.62. The van der Waals surface area contributed by atoms with Crippen LogP contribution in [0.3, 0.4) is 0 Å². The Hall–Kier alpha value is -3.66. The second-order valence-electron chi connectivity index (χ2n) is 6.48. The van der Waals surface area contributed by atoms with Gasteiger partial charge in [0.15, 0.2) is 5.78 Å². The Labute approximate surface area is 156 Å². The van der Waals surface area contributed by atoms with Gasteiger partial charge in [-0.15, -0.1) is 0 Å². The van der Waals surface area contributed by atoms with Gasteiger partial charge in [0.25, 0.3) is 5.91 Å². The molecule has 0 aromatic heterocycles. The van der Waals surface area contributed by atoms with Gasteiger partial charge in [0.2, 0.25) is 0 Å². The molecule has 0 unspecified atom stereocenters. The maximum atomic E-state index is 13.0. The van der Waals surface area contributed by atoms with Crippen LogP contribution in [0.5, 0.6) is 0 Å². The highest BCUT2D eigenvalue weighted by atomic mass is 16.3. The van der Waals surface area contributed by atoms with Crippen molar-refractivity contribution in [3.63, 3.8) is 0 Å². The molecule has 4 nitrogen and oxygen atoms in total. The molecule has 0 fully saturated rings. The molecule has 3 aromatic rings. The van der Waals surface area contributed by atoms with Crippen molar-refractivity contribution in [2.45, 2.75) is 6.92 Å². The van der Waals surface area contributed by atoms with Crippen LogP contribution in [-0.4, -0.2) is 16.8 Å². The lowest BCUT2D eigenvalue weighted by molar-refractivity contribution is 0.0998. The summed E-state index contributed by atoms with van der Waals surface area (Å²) in [6.45, 7) is 5.34. The molecule has 132 valence electrons. The number of ketones is 1. The summed E-state index contributed by atoms with van der Waals surface area (Å²) in [4.78, 5) is 25.8. The van der Waals surface area contributed by atoms with Crippen LogP contribution in [0.1, 0.15) is 37.4 Å². The van der Waals surface area contributed by atoms with Crippen LogP contribution in [0, 0.1) is 6.92 Å². The lowest BCUT2D eigenvalue weighted by Crippen LogP contribution is -2.16. The molecule has 1 aliphatic rings. The fraction of sp³-hybridized carbons (Fsp3) is 0.0435. The molecule has 2 N–H and O–H groups in total. The number of aliphatic hydroxyl groups excluding tert-OH is 1. The second kappa shape index (κ2) is 6.25. The van der Waals surface area contributed by atoms with E-state index in [4.69, 9.17) is 0 Å². The van der Waals surface area contributed by atoms with Crippen molar-refractivity contribution in [2.24, 2.45) is 0 Å². The summed E-state index contributed by atoms with van der Waals surface area (Å²) < 4.78 is 0. The number of hydrogen-bond acceptors (Lipinski definition) is 3. The predicted octanol–water partition coefficient (Wildman–Crippen LogP) is 4.99. The van der Waals surface area contributed by atoms with Crippen LogP contribution in [0.2, 0.25) is 0 Å². The number of anilines is 1. The maximum Gasteiger partial charge on any atom is 0.256 e. The molecular weight excluding hydrogens is 338 g/mol. The summed E-state index contributed by atoms with van der Waals surface area (Å²) in [5, 5.41) is 12.5.